The quantitative estimate of drug-likeness (QED) is 0.630. The normalized spacial score (nSPS) is 10.0. The molecule has 0 bridgehead atoms. The van der Waals surface area contributed by atoms with E-state index in [1.54, 1.807) is 0 Å². The van der Waals surface area contributed by atoms with Crippen LogP contribution < -0.4 is 0 Å². The Hall–Kier alpha value is -1.80. The van der Waals surface area contributed by atoms with E-state index in [1.165, 1.54) is 7.11 Å². The number of rotatable bonds is 2. The van der Waals surface area contributed by atoms with Crippen LogP contribution in [-0.4, -0.2) is 13.0 Å². The minimum atomic E-state index is 0.152. The summed E-state index contributed by atoms with van der Waals surface area (Å²) in [5, 5.41) is 8.34. The highest BCUT2D eigenvalue weighted by atomic mass is 35.5. The van der Waals surface area contributed by atoms with Crippen molar-refractivity contribution in [3.05, 3.63) is 59.1 Å². The molecule has 2 aromatic carbocycles. The van der Waals surface area contributed by atoms with Crippen LogP contribution in [0.2, 0.25) is 5.02 Å². The minimum Gasteiger partial charge on any atom is -0.481 e. The zero-order chi connectivity index (χ0) is 12.3. The van der Waals surface area contributed by atoms with Gasteiger partial charge in [0.2, 0.25) is 5.90 Å². The van der Waals surface area contributed by atoms with Gasteiger partial charge in [0.25, 0.3) is 0 Å². The fourth-order valence-corrected chi connectivity index (χ4v) is 1.89. The third-order valence-corrected chi connectivity index (χ3v) is 2.84. The maximum atomic E-state index is 7.64. The fraction of sp³-hybridized carbons (Fsp3) is 0.0714. The third kappa shape index (κ3) is 2.48. The first-order chi connectivity index (χ1) is 8.22. The van der Waals surface area contributed by atoms with Crippen molar-refractivity contribution in [2.24, 2.45) is 0 Å². The Morgan fingerprint density at radius 2 is 1.88 bits per heavy atom. The minimum absolute atomic E-state index is 0.152. The Morgan fingerprint density at radius 3 is 2.59 bits per heavy atom. The van der Waals surface area contributed by atoms with Crippen molar-refractivity contribution < 1.29 is 4.74 Å². The van der Waals surface area contributed by atoms with Crippen LogP contribution in [0.3, 0.4) is 0 Å². The Kier molecular flexibility index (Phi) is 3.45. The Labute approximate surface area is 105 Å². The molecule has 0 aliphatic rings. The Morgan fingerprint density at radius 1 is 1.12 bits per heavy atom. The molecule has 86 valence electrons. The lowest BCUT2D eigenvalue weighted by molar-refractivity contribution is 0.401. The number of halogens is 1. The van der Waals surface area contributed by atoms with Crippen LogP contribution in [0.4, 0.5) is 0 Å². The highest BCUT2D eigenvalue weighted by Gasteiger charge is 2.05. The topological polar surface area (TPSA) is 33.1 Å². The van der Waals surface area contributed by atoms with Gasteiger partial charge < -0.3 is 4.74 Å². The van der Waals surface area contributed by atoms with Crippen molar-refractivity contribution in [3.63, 3.8) is 0 Å². The van der Waals surface area contributed by atoms with Crippen molar-refractivity contribution in [1.82, 2.24) is 0 Å². The molecule has 2 aromatic rings. The summed E-state index contributed by atoms with van der Waals surface area (Å²) in [7, 11) is 1.49. The van der Waals surface area contributed by atoms with E-state index in [4.69, 9.17) is 21.7 Å². The molecule has 3 heteroatoms. The fourth-order valence-electron chi connectivity index (χ4n) is 1.64. The van der Waals surface area contributed by atoms with E-state index in [9.17, 15) is 0 Å². The van der Waals surface area contributed by atoms with Gasteiger partial charge in [-0.2, -0.15) is 0 Å². The number of benzene rings is 2. The van der Waals surface area contributed by atoms with E-state index < -0.39 is 0 Å². The van der Waals surface area contributed by atoms with Gasteiger partial charge in [0.15, 0.2) is 0 Å². The van der Waals surface area contributed by atoms with E-state index in [0.717, 1.165) is 16.7 Å². The van der Waals surface area contributed by atoms with Gasteiger partial charge in [0, 0.05) is 16.1 Å². The molecule has 0 aliphatic heterocycles. The smallest absolute Gasteiger partial charge is 0.212 e. The van der Waals surface area contributed by atoms with Gasteiger partial charge in [-0.25, -0.2) is 0 Å². The molecule has 0 aromatic heterocycles. The lowest BCUT2D eigenvalue weighted by Gasteiger charge is -2.07. The summed E-state index contributed by atoms with van der Waals surface area (Å²) in [6.45, 7) is 0. The molecule has 0 saturated carbocycles. The van der Waals surface area contributed by atoms with Gasteiger partial charge in [-0.05, 0) is 23.8 Å². The summed E-state index contributed by atoms with van der Waals surface area (Å²) < 4.78 is 4.91. The lowest BCUT2D eigenvalue weighted by Crippen LogP contribution is -2.00. The number of nitrogens with one attached hydrogen (secondary N) is 1. The maximum Gasteiger partial charge on any atom is 0.212 e. The maximum absolute atomic E-state index is 7.64. The molecule has 0 saturated heterocycles. The van der Waals surface area contributed by atoms with Crippen LogP contribution in [0.5, 0.6) is 0 Å². The molecule has 0 spiro atoms. The zero-order valence-corrected chi connectivity index (χ0v) is 10.2. The molecule has 0 unspecified atom stereocenters. The number of hydrogen-bond donors (Lipinski definition) is 1. The van der Waals surface area contributed by atoms with Gasteiger partial charge in [0.1, 0.15) is 0 Å². The molecule has 0 atom stereocenters. The average Bonchev–Trinajstić information content (AvgIpc) is 2.38. The highest BCUT2D eigenvalue weighted by Crippen LogP contribution is 2.27. The summed E-state index contributed by atoms with van der Waals surface area (Å²) in [5.74, 6) is 0.152. The largest absolute Gasteiger partial charge is 0.481 e. The van der Waals surface area contributed by atoms with E-state index in [1.807, 2.05) is 48.5 Å². The first-order valence-electron chi connectivity index (χ1n) is 5.20. The number of ether oxygens (including phenoxy) is 1. The Bertz CT molecular complexity index is 551. The Balaban J connectivity index is 2.47. The van der Waals surface area contributed by atoms with Crippen molar-refractivity contribution in [2.75, 3.05) is 7.11 Å². The van der Waals surface area contributed by atoms with Crippen LogP contribution in [0, 0.1) is 5.41 Å². The van der Waals surface area contributed by atoms with Crippen molar-refractivity contribution in [3.8, 4) is 11.1 Å². The van der Waals surface area contributed by atoms with Crippen LogP contribution in [-0.2, 0) is 4.74 Å². The predicted octanol–water partition coefficient (Wildman–Crippen LogP) is 3.98. The van der Waals surface area contributed by atoms with E-state index in [2.05, 4.69) is 0 Å². The van der Waals surface area contributed by atoms with Gasteiger partial charge in [-0.3, -0.25) is 5.41 Å². The van der Waals surface area contributed by atoms with Crippen LogP contribution >= 0.6 is 11.6 Å². The zero-order valence-electron chi connectivity index (χ0n) is 9.41. The van der Waals surface area contributed by atoms with Crippen molar-refractivity contribution >= 4 is 17.5 Å². The number of methoxy groups -OCH3 is 1. The summed E-state index contributed by atoms with van der Waals surface area (Å²) in [6.07, 6.45) is 0. The first kappa shape index (κ1) is 11.7. The van der Waals surface area contributed by atoms with Gasteiger partial charge in [0.05, 0.1) is 7.11 Å². The number of hydrogen-bond acceptors (Lipinski definition) is 2. The lowest BCUT2D eigenvalue weighted by atomic mass is 10.0. The van der Waals surface area contributed by atoms with Crippen molar-refractivity contribution in [2.45, 2.75) is 0 Å². The van der Waals surface area contributed by atoms with Crippen LogP contribution in [0.25, 0.3) is 11.1 Å². The molecule has 0 amide bonds. The standard InChI is InChI=1S/C14H12ClNO/c1-17-14(16)11-6-4-5-10(9-11)12-7-2-3-8-13(12)15/h2-9,16H,1H3. The van der Waals surface area contributed by atoms with Gasteiger partial charge in [-0.1, -0.05) is 41.9 Å². The highest BCUT2D eigenvalue weighted by molar-refractivity contribution is 6.33. The SMILES string of the molecule is COC(=N)c1cccc(-c2ccccc2Cl)c1. The second-order valence-corrected chi connectivity index (χ2v) is 4.00. The van der Waals surface area contributed by atoms with Crippen LogP contribution in [0.1, 0.15) is 5.56 Å². The summed E-state index contributed by atoms with van der Waals surface area (Å²) >= 11 is 6.14. The molecule has 0 aliphatic carbocycles. The molecular formula is C14H12ClNO. The van der Waals surface area contributed by atoms with E-state index in [-0.39, 0.29) is 5.90 Å². The molecule has 2 nitrogen and oxygen atoms in total. The summed E-state index contributed by atoms with van der Waals surface area (Å²) in [5.41, 5.74) is 2.68. The van der Waals surface area contributed by atoms with E-state index >= 15 is 0 Å². The van der Waals surface area contributed by atoms with E-state index in [0.29, 0.717) is 5.02 Å². The summed E-state index contributed by atoms with van der Waals surface area (Å²) in [6, 6.07) is 15.2. The molecule has 0 fully saturated rings. The second-order valence-electron chi connectivity index (χ2n) is 3.59. The molecule has 17 heavy (non-hydrogen) atoms. The second kappa shape index (κ2) is 5.02. The van der Waals surface area contributed by atoms with Gasteiger partial charge >= 0.3 is 0 Å². The monoisotopic (exact) mass is 245 g/mol. The molecule has 0 radical (unpaired) electrons. The molecular weight excluding hydrogens is 234 g/mol. The summed E-state index contributed by atoms with van der Waals surface area (Å²) in [4.78, 5) is 0. The molecule has 2 rings (SSSR count). The van der Waals surface area contributed by atoms with Crippen LogP contribution in [0.15, 0.2) is 48.5 Å². The third-order valence-electron chi connectivity index (χ3n) is 2.51. The predicted molar refractivity (Wildman–Crippen MR) is 70.7 cm³/mol. The van der Waals surface area contributed by atoms with Crippen molar-refractivity contribution in [1.29, 1.82) is 5.41 Å². The average molecular weight is 246 g/mol. The first-order valence-corrected chi connectivity index (χ1v) is 5.58. The molecule has 1 N–H and O–H groups in total. The van der Waals surface area contributed by atoms with Gasteiger partial charge in [-0.15, -0.1) is 0 Å². The molecule has 0 heterocycles.